The van der Waals surface area contributed by atoms with E-state index in [1.54, 1.807) is 0 Å². The van der Waals surface area contributed by atoms with E-state index in [1.807, 2.05) is 7.05 Å². The van der Waals surface area contributed by atoms with E-state index in [1.165, 1.54) is 0 Å². The van der Waals surface area contributed by atoms with Crippen molar-refractivity contribution in [1.82, 2.24) is 5.32 Å². The summed E-state index contributed by atoms with van der Waals surface area (Å²) in [7, 11) is -0.986. The van der Waals surface area contributed by atoms with Gasteiger partial charge in [0.25, 0.3) is 0 Å². The summed E-state index contributed by atoms with van der Waals surface area (Å²) < 4.78 is 23.0. The lowest BCUT2D eigenvalue weighted by Crippen LogP contribution is -2.20. The van der Waals surface area contributed by atoms with Gasteiger partial charge in [-0.15, -0.1) is 0 Å². The van der Waals surface area contributed by atoms with Crippen LogP contribution in [-0.2, 0) is 9.84 Å². The fourth-order valence-corrected chi connectivity index (χ4v) is 3.70. The molecule has 13 heavy (non-hydrogen) atoms. The second-order valence-electron chi connectivity index (χ2n) is 3.51. The van der Waals surface area contributed by atoms with E-state index in [9.17, 15) is 8.42 Å². The number of nitrogens with one attached hydrogen (secondary N) is 1. The van der Waals surface area contributed by atoms with E-state index < -0.39 is 9.84 Å². The molecule has 4 heteroatoms. The van der Waals surface area contributed by atoms with Crippen LogP contribution in [0.4, 0.5) is 0 Å². The smallest absolute Gasteiger partial charge is 0.156 e. The van der Waals surface area contributed by atoms with Gasteiger partial charge in [0.05, 0.1) is 11.0 Å². The lowest BCUT2D eigenvalue weighted by molar-refractivity contribution is 0.593. The van der Waals surface area contributed by atoms with Gasteiger partial charge >= 0.3 is 0 Å². The minimum absolute atomic E-state index is 0.263. The molecule has 1 fully saturated rings. The van der Waals surface area contributed by atoms with Gasteiger partial charge in [-0.1, -0.05) is 12.2 Å². The van der Waals surface area contributed by atoms with Crippen LogP contribution in [0.3, 0.4) is 0 Å². The third kappa shape index (κ3) is 2.54. The highest BCUT2D eigenvalue weighted by molar-refractivity contribution is 7.92. The monoisotopic (exact) mass is 203 g/mol. The highest BCUT2D eigenvalue weighted by Crippen LogP contribution is 2.26. The molecule has 1 unspecified atom stereocenters. The molecule has 1 N–H and O–H groups in total. The molecule has 0 aromatic heterocycles. The zero-order valence-electron chi connectivity index (χ0n) is 8.04. The van der Waals surface area contributed by atoms with E-state index >= 15 is 0 Å². The average Bonchev–Trinajstić information content (AvgIpc) is 2.41. The first-order chi connectivity index (χ1) is 6.08. The van der Waals surface area contributed by atoms with Gasteiger partial charge in [0.1, 0.15) is 0 Å². The van der Waals surface area contributed by atoms with Crippen LogP contribution < -0.4 is 5.32 Å². The van der Waals surface area contributed by atoms with E-state index in [2.05, 4.69) is 11.9 Å². The summed E-state index contributed by atoms with van der Waals surface area (Å²) in [5, 5.41) is 2.73. The number of hydrogen-bond acceptors (Lipinski definition) is 3. The van der Waals surface area contributed by atoms with Crippen molar-refractivity contribution in [2.45, 2.75) is 24.5 Å². The Bertz CT molecular complexity index is 282. The van der Waals surface area contributed by atoms with Crippen LogP contribution in [-0.4, -0.2) is 33.0 Å². The Morgan fingerprint density at radius 2 is 2.31 bits per heavy atom. The molecular weight excluding hydrogens is 186 g/mol. The van der Waals surface area contributed by atoms with Crippen molar-refractivity contribution in [1.29, 1.82) is 0 Å². The fourth-order valence-electron chi connectivity index (χ4n) is 1.70. The van der Waals surface area contributed by atoms with Crippen molar-refractivity contribution >= 4 is 9.84 Å². The normalized spacial score (nSPS) is 26.1. The topological polar surface area (TPSA) is 46.2 Å². The molecule has 3 nitrogen and oxygen atoms in total. The van der Waals surface area contributed by atoms with Gasteiger partial charge in [-0.2, -0.15) is 0 Å². The molecule has 0 amide bonds. The lowest BCUT2D eigenvalue weighted by atomic mass is 10.1. The van der Waals surface area contributed by atoms with Gasteiger partial charge in [-0.3, -0.25) is 0 Å². The van der Waals surface area contributed by atoms with E-state index in [0.717, 1.165) is 31.4 Å². The molecular formula is C9H17NO2S. The first-order valence-corrected chi connectivity index (χ1v) is 6.33. The number of sulfone groups is 1. The van der Waals surface area contributed by atoms with E-state index in [-0.39, 0.29) is 5.25 Å². The van der Waals surface area contributed by atoms with E-state index in [0.29, 0.717) is 5.75 Å². The summed E-state index contributed by atoms with van der Waals surface area (Å²) in [6.45, 7) is 4.66. The molecule has 0 aromatic rings. The van der Waals surface area contributed by atoms with Gasteiger partial charge < -0.3 is 5.32 Å². The third-order valence-electron chi connectivity index (χ3n) is 2.48. The summed E-state index contributed by atoms with van der Waals surface area (Å²) >= 11 is 0. The van der Waals surface area contributed by atoms with Crippen LogP contribution in [0.25, 0.3) is 0 Å². The Balaban J connectivity index is 2.57. The lowest BCUT2D eigenvalue weighted by Gasteiger charge is -2.12. The molecule has 1 heterocycles. The Labute approximate surface area is 80.1 Å². The molecule has 1 saturated heterocycles. The highest BCUT2D eigenvalue weighted by Gasteiger charge is 2.32. The quantitative estimate of drug-likeness (QED) is 0.685. The third-order valence-corrected chi connectivity index (χ3v) is 4.77. The second-order valence-corrected chi connectivity index (χ2v) is 5.81. The van der Waals surface area contributed by atoms with Crippen LogP contribution in [0.15, 0.2) is 12.2 Å². The summed E-state index contributed by atoms with van der Waals surface area (Å²) in [4.78, 5) is 0. The Kier molecular flexibility index (Phi) is 3.50. The van der Waals surface area contributed by atoms with Crippen molar-refractivity contribution in [2.75, 3.05) is 19.3 Å². The second kappa shape index (κ2) is 4.24. The van der Waals surface area contributed by atoms with Gasteiger partial charge in [-0.05, 0) is 32.9 Å². The summed E-state index contributed by atoms with van der Waals surface area (Å²) in [6, 6.07) is 0. The maximum Gasteiger partial charge on any atom is 0.156 e. The van der Waals surface area contributed by atoms with Crippen LogP contribution in [0.2, 0.25) is 0 Å². The van der Waals surface area contributed by atoms with Crippen molar-refractivity contribution < 1.29 is 8.42 Å². The van der Waals surface area contributed by atoms with Crippen LogP contribution in [0.1, 0.15) is 19.3 Å². The maximum absolute atomic E-state index is 11.5. The SMILES string of the molecule is C=C(CCNC)C1CCCS1(=O)=O. The van der Waals surface area contributed by atoms with Gasteiger partial charge in [0, 0.05) is 0 Å². The first-order valence-electron chi connectivity index (χ1n) is 4.62. The molecule has 76 valence electrons. The summed E-state index contributed by atoms with van der Waals surface area (Å²) in [6.07, 6.45) is 2.33. The fraction of sp³-hybridized carbons (Fsp3) is 0.778. The first kappa shape index (κ1) is 10.7. The van der Waals surface area contributed by atoms with Crippen LogP contribution in [0.5, 0.6) is 0 Å². The highest BCUT2D eigenvalue weighted by atomic mass is 32.2. The number of hydrogen-bond donors (Lipinski definition) is 1. The standard InChI is InChI=1S/C9H17NO2S/c1-8(5-6-10-2)9-4-3-7-13(9,11)12/h9-10H,1,3-7H2,2H3. The molecule has 0 aliphatic carbocycles. The zero-order valence-corrected chi connectivity index (χ0v) is 8.86. The van der Waals surface area contributed by atoms with Crippen molar-refractivity contribution in [3.8, 4) is 0 Å². The Hall–Kier alpha value is -0.350. The largest absolute Gasteiger partial charge is 0.319 e. The van der Waals surface area contributed by atoms with Crippen LogP contribution >= 0.6 is 0 Å². The molecule has 0 aromatic carbocycles. The van der Waals surface area contributed by atoms with Crippen molar-refractivity contribution in [3.05, 3.63) is 12.2 Å². The summed E-state index contributed by atoms with van der Waals surface area (Å²) in [5.74, 6) is 0.343. The number of rotatable bonds is 4. The molecule has 1 aliphatic heterocycles. The van der Waals surface area contributed by atoms with Gasteiger partial charge in [0.15, 0.2) is 9.84 Å². The molecule has 1 rings (SSSR count). The van der Waals surface area contributed by atoms with Gasteiger partial charge in [-0.25, -0.2) is 8.42 Å². The molecule has 0 spiro atoms. The average molecular weight is 203 g/mol. The molecule has 0 bridgehead atoms. The minimum Gasteiger partial charge on any atom is -0.319 e. The predicted octanol–water partition coefficient (Wildman–Crippen LogP) is 0.729. The summed E-state index contributed by atoms with van der Waals surface area (Å²) in [5.41, 5.74) is 0.867. The molecule has 1 atom stereocenters. The molecule has 0 radical (unpaired) electrons. The Morgan fingerprint density at radius 1 is 1.62 bits per heavy atom. The van der Waals surface area contributed by atoms with Crippen molar-refractivity contribution in [2.24, 2.45) is 0 Å². The predicted molar refractivity (Wildman–Crippen MR) is 54.5 cm³/mol. The Morgan fingerprint density at radius 3 is 2.77 bits per heavy atom. The van der Waals surface area contributed by atoms with E-state index in [4.69, 9.17) is 0 Å². The van der Waals surface area contributed by atoms with Gasteiger partial charge in [0.2, 0.25) is 0 Å². The van der Waals surface area contributed by atoms with Crippen molar-refractivity contribution in [3.63, 3.8) is 0 Å². The minimum atomic E-state index is -2.84. The molecule has 0 saturated carbocycles. The maximum atomic E-state index is 11.5. The van der Waals surface area contributed by atoms with Crippen LogP contribution in [0, 0.1) is 0 Å². The molecule has 1 aliphatic rings. The zero-order chi connectivity index (χ0) is 9.90.